The Morgan fingerprint density at radius 3 is 2.62 bits per heavy atom. The first kappa shape index (κ1) is 11.6. The van der Waals surface area contributed by atoms with Crippen molar-refractivity contribution in [2.24, 2.45) is 0 Å². The number of hydrogen-bond acceptors (Lipinski definition) is 3. The second kappa shape index (κ2) is 3.86. The van der Waals surface area contributed by atoms with Gasteiger partial charge in [-0.05, 0) is 31.5 Å². The monoisotopic (exact) mass is 240 g/mol. The fourth-order valence-electron chi connectivity index (χ4n) is 1.86. The lowest BCUT2D eigenvalue weighted by Gasteiger charge is -2.38. The normalized spacial score (nSPS) is 25.1. The molecule has 1 fully saturated rings. The van der Waals surface area contributed by atoms with Crippen molar-refractivity contribution in [1.29, 1.82) is 0 Å². The van der Waals surface area contributed by atoms with E-state index in [4.69, 9.17) is 4.74 Å². The summed E-state index contributed by atoms with van der Waals surface area (Å²) in [6.07, 6.45) is 0.818. The highest BCUT2D eigenvalue weighted by Crippen LogP contribution is 2.29. The molecule has 1 heterocycles. The molecule has 0 aromatic heterocycles. The van der Waals surface area contributed by atoms with Crippen molar-refractivity contribution in [2.75, 3.05) is 12.4 Å². The molecule has 0 N–H and O–H groups in total. The summed E-state index contributed by atoms with van der Waals surface area (Å²) in [5, 5.41) is 0. The quantitative estimate of drug-likeness (QED) is 0.811. The highest BCUT2D eigenvalue weighted by Gasteiger charge is 2.38. The van der Waals surface area contributed by atoms with E-state index in [1.54, 1.807) is 18.2 Å². The fourth-order valence-corrected chi connectivity index (χ4v) is 3.71. The fraction of sp³-hybridized carbons (Fsp3) is 0.500. The predicted molar refractivity (Wildman–Crippen MR) is 62.2 cm³/mol. The molecule has 1 saturated heterocycles. The van der Waals surface area contributed by atoms with Gasteiger partial charge in [-0.3, -0.25) is 0 Å². The molecule has 0 aliphatic carbocycles. The third-order valence-corrected chi connectivity index (χ3v) is 4.89. The number of benzene rings is 1. The van der Waals surface area contributed by atoms with Crippen molar-refractivity contribution < 1.29 is 13.2 Å². The van der Waals surface area contributed by atoms with Gasteiger partial charge in [0.15, 0.2) is 9.84 Å². The average molecular weight is 240 g/mol. The highest BCUT2D eigenvalue weighted by atomic mass is 32.2. The molecule has 16 heavy (non-hydrogen) atoms. The van der Waals surface area contributed by atoms with Crippen LogP contribution in [0.25, 0.3) is 0 Å². The average Bonchev–Trinajstić information content (AvgIpc) is 2.15. The molecule has 0 radical (unpaired) electrons. The van der Waals surface area contributed by atoms with E-state index in [2.05, 4.69) is 0 Å². The van der Waals surface area contributed by atoms with Crippen molar-refractivity contribution in [3.8, 4) is 0 Å². The summed E-state index contributed by atoms with van der Waals surface area (Å²) in [7, 11) is -3.23. The minimum atomic E-state index is -3.23. The standard InChI is InChI=1S/C12H16O3S/c1-10-4-3-5-11(8-10)16(13,14)9-12(2)6-7-15-12/h3-5,8H,6-7,9H2,1-2H3. The summed E-state index contributed by atoms with van der Waals surface area (Å²) in [6, 6.07) is 7.01. The van der Waals surface area contributed by atoms with Gasteiger partial charge in [-0.15, -0.1) is 0 Å². The minimum Gasteiger partial charge on any atom is -0.374 e. The van der Waals surface area contributed by atoms with Crippen LogP contribution in [0.2, 0.25) is 0 Å². The van der Waals surface area contributed by atoms with Gasteiger partial charge in [0.2, 0.25) is 0 Å². The van der Waals surface area contributed by atoms with Crippen LogP contribution in [0.1, 0.15) is 18.9 Å². The molecular formula is C12H16O3S. The van der Waals surface area contributed by atoms with Crippen LogP contribution in [0.4, 0.5) is 0 Å². The molecule has 1 aliphatic rings. The van der Waals surface area contributed by atoms with E-state index in [1.807, 2.05) is 19.9 Å². The number of ether oxygens (including phenoxy) is 1. The van der Waals surface area contributed by atoms with E-state index >= 15 is 0 Å². The van der Waals surface area contributed by atoms with E-state index in [-0.39, 0.29) is 5.75 Å². The van der Waals surface area contributed by atoms with Gasteiger partial charge in [0, 0.05) is 6.42 Å². The van der Waals surface area contributed by atoms with Crippen LogP contribution >= 0.6 is 0 Å². The van der Waals surface area contributed by atoms with Crippen molar-refractivity contribution >= 4 is 9.84 Å². The molecule has 3 nitrogen and oxygen atoms in total. The summed E-state index contributed by atoms with van der Waals surface area (Å²) in [5.74, 6) is 0.0729. The first-order valence-corrected chi connectivity index (χ1v) is 7.00. The van der Waals surface area contributed by atoms with Crippen molar-refractivity contribution in [2.45, 2.75) is 30.8 Å². The first-order chi connectivity index (χ1) is 7.41. The maximum absolute atomic E-state index is 12.1. The van der Waals surface area contributed by atoms with Gasteiger partial charge < -0.3 is 4.74 Å². The summed E-state index contributed by atoms with van der Waals surface area (Å²) >= 11 is 0. The van der Waals surface area contributed by atoms with Crippen LogP contribution in [0, 0.1) is 6.92 Å². The Morgan fingerprint density at radius 2 is 2.12 bits per heavy atom. The lowest BCUT2D eigenvalue weighted by molar-refractivity contribution is -0.117. The van der Waals surface area contributed by atoms with Crippen LogP contribution in [0.3, 0.4) is 0 Å². The molecule has 88 valence electrons. The van der Waals surface area contributed by atoms with Crippen molar-refractivity contribution in [3.63, 3.8) is 0 Å². The zero-order chi connectivity index (χ0) is 11.8. The van der Waals surface area contributed by atoms with Crippen LogP contribution in [0.15, 0.2) is 29.2 Å². The largest absolute Gasteiger partial charge is 0.374 e. The number of rotatable bonds is 3. The lowest BCUT2D eigenvalue weighted by Crippen LogP contribution is -2.46. The molecule has 1 aromatic carbocycles. The first-order valence-electron chi connectivity index (χ1n) is 5.35. The Bertz CT molecular complexity index is 487. The summed E-state index contributed by atoms with van der Waals surface area (Å²) < 4.78 is 29.6. The molecule has 0 bridgehead atoms. The lowest BCUT2D eigenvalue weighted by atomic mass is 10.0. The van der Waals surface area contributed by atoms with E-state index in [9.17, 15) is 8.42 Å². The van der Waals surface area contributed by atoms with Gasteiger partial charge in [-0.1, -0.05) is 12.1 Å². The van der Waals surface area contributed by atoms with Crippen LogP contribution in [-0.4, -0.2) is 26.4 Å². The van der Waals surface area contributed by atoms with E-state index in [0.717, 1.165) is 12.0 Å². The minimum absolute atomic E-state index is 0.0729. The van der Waals surface area contributed by atoms with E-state index in [1.165, 1.54) is 0 Å². The molecule has 1 aromatic rings. The Kier molecular flexibility index (Phi) is 2.80. The third kappa shape index (κ3) is 2.28. The van der Waals surface area contributed by atoms with Crippen LogP contribution < -0.4 is 0 Å². The molecule has 0 saturated carbocycles. The molecule has 4 heteroatoms. The van der Waals surface area contributed by atoms with Gasteiger partial charge in [0.05, 0.1) is 22.9 Å². The SMILES string of the molecule is Cc1cccc(S(=O)(=O)CC2(C)CCO2)c1. The van der Waals surface area contributed by atoms with Gasteiger partial charge in [0.25, 0.3) is 0 Å². The Morgan fingerprint density at radius 1 is 1.44 bits per heavy atom. The molecule has 1 unspecified atom stereocenters. The van der Waals surface area contributed by atoms with Gasteiger partial charge in [0.1, 0.15) is 0 Å². The number of hydrogen-bond donors (Lipinski definition) is 0. The molecule has 1 aliphatic heterocycles. The second-order valence-electron chi connectivity index (χ2n) is 4.62. The van der Waals surface area contributed by atoms with E-state index in [0.29, 0.717) is 11.5 Å². The number of aryl methyl sites for hydroxylation is 1. The Balaban J connectivity index is 2.25. The topological polar surface area (TPSA) is 43.4 Å². The van der Waals surface area contributed by atoms with Gasteiger partial charge in [-0.25, -0.2) is 8.42 Å². The third-order valence-electron chi connectivity index (χ3n) is 2.93. The van der Waals surface area contributed by atoms with Gasteiger partial charge >= 0.3 is 0 Å². The molecule has 2 rings (SSSR count). The summed E-state index contributed by atoms with van der Waals surface area (Å²) in [4.78, 5) is 0.393. The summed E-state index contributed by atoms with van der Waals surface area (Å²) in [6.45, 7) is 4.41. The van der Waals surface area contributed by atoms with Crippen LogP contribution in [-0.2, 0) is 14.6 Å². The number of sulfone groups is 1. The molecule has 0 amide bonds. The maximum Gasteiger partial charge on any atom is 0.181 e. The zero-order valence-corrected chi connectivity index (χ0v) is 10.4. The van der Waals surface area contributed by atoms with Gasteiger partial charge in [-0.2, -0.15) is 0 Å². The Hall–Kier alpha value is -0.870. The predicted octanol–water partition coefficient (Wildman–Crippen LogP) is 1.95. The highest BCUT2D eigenvalue weighted by molar-refractivity contribution is 7.91. The van der Waals surface area contributed by atoms with E-state index < -0.39 is 15.4 Å². The maximum atomic E-state index is 12.1. The van der Waals surface area contributed by atoms with Crippen molar-refractivity contribution in [1.82, 2.24) is 0 Å². The van der Waals surface area contributed by atoms with Crippen LogP contribution in [0.5, 0.6) is 0 Å². The second-order valence-corrected chi connectivity index (χ2v) is 6.61. The molecular weight excluding hydrogens is 224 g/mol. The molecule has 0 spiro atoms. The summed E-state index contributed by atoms with van der Waals surface area (Å²) in [5.41, 5.74) is 0.475. The zero-order valence-electron chi connectivity index (χ0n) is 9.56. The Labute approximate surface area is 96.4 Å². The smallest absolute Gasteiger partial charge is 0.181 e. The van der Waals surface area contributed by atoms with Crippen molar-refractivity contribution in [3.05, 3.63) is 29.8 Å². The molecule has 1 atom stereocenters.